The quantitative estimate of drug-likeness (QED) is 0.625. The molecule has 1 unspecified atom stereocenters. The predicted molar refractivity (Wildman–Crippen MR) is 110 cm³/mol. The molecule has 5 nitrogen and oxygen atoms in total. The zero-order valence-electron chi connectivity index (χ0n) is 16.3. The van der Waals surface area contributed by atoms with E-state index in [1.54, 1.807) is 19.0 Å². The topological polar surface area (TPSA) is 51.0 Å². The number of rotatable bonds is 5. The number of carbonyl (C=O) groups is 1. The first-order valence-electron chi connectivity index (χ1n) is 8.84. The lowest BCUT2D eigenvalue weighted by atomic mass is 10.1. The SMILES string of the molecule is Cc1ccc(-n2c(SC(C)C(=O)N(C)C)nnc2-c2ccccc2)cc1C. The number of aryl methyl sites for hydroxylation is 2. The fourth-order valence-electron chi connectivity index (χ4n) is 2.79. The van der Waals surface area contributed by atoms with E-state index >= 15 is 0 Å². The summed E-state index contributed by atoms with van der Waals surface area (Å²) in [6.07, 6.45) is 0. The van der Waals surface area contributed by atoms with Gasteiger partial charge in [0.05, 0.1) is 10.9 Å². The van der Waals surface area contributed by atoms with Gasteiger partial charge in [-0.05, 0) is 44.0 Å². The van der Waals surface area contributed by atoms with Crippen LogP contribution in [-0.4, -0.2) is 44.9 Å². The first-order chi connectivity index (χ1) is 12.9. The van der Waals surface area contributed by atoms with Crippen LogP contribution in [0.2, 0.25) is 0 Å². The summed E-state index contributed by atoms with van der Waals surface area (Å²) < 4.78 is 2.03. The van der Waals surface area contributed by atoms with Crippen LogP contribution in [0.25, 0.3) is 17.1 Å². The second-order valence-electron chi connectivity index (χ2n) is 6.77. The van der Waals surface area contributed by atoms with Crippen molar-refractivity contribution in [3.63, 3.8) is 0 Å². The van der Waals surface area contributed by atoms with E-state index in [9.17, 15) is 4.79 Å². The molecule has 0 fully saturated rings. The zero-order valence-corrected chi connectivity index (χ0v) is 17.1. The predicted octanol–water partition coefficient (Wildman–Crippen LogP) is 4.12. The molecule has 3 aromatic rings. The smallest absolute Gasteiger partial charge is 0.235 e. The summed E-state index contributed by atoms with van der Waals surface area (Å²) >= 11 is 1.43. The minimum Gasteiger partial charge on any atom is -0.348 e. The Morgan fingerprint density at radius 2 is 1.74 bits per heavy atom. The van der Waals surface area contributed by atoms with Crippen LogP contribution >= 0.6 is 11.8 Å². The largest absolute Gasteiger partial charge is 0.348 e. The van der Waals surface area contributed by atoms with Gasteiger partial charge in [0.15, 0.2) is 11.0 Å². The van der Waals surface area contributed by atoms with Crippen molar-refractivity contribution < 1.29 is 4.79 Å². The van der Waals surface area contributed by atoms with Crippen LogP contribution in [0.1, 0.15) is 18.1 Å². The van der Waals surface area contributed by atoms with E-state index in [1.807, 2.05) is 41.8 Å². The molecule has 0 spiro atoms. The molecule has 27 heavy (non-hydrogen) atoms. The van der Waals surface area contributed by atoms with Gasteiger partial charge in [-0.25, -0.2) is 0 Å². The molecule has 1 aromatic heterocycles. The van der Waals surface area contributed by atoms with Crippen molar-refractivity contribution in [3.05, 3.63) is 59.7 Å². The van der Waals surface area contributed by atoms with Crippen molar-refractivity contribution in [2.75, 3.05) is 14.1 Å². The maximum absolute atomic E-state index is 12.3. The van der Waals surface area contributed by atoms with E-state index in [-0.39, 0.29) is 11.2 Å². The second kappa shape index (κ2) is 7.96. The molecule has 0 aliphatic carbocycles. The first-order valence-corrected chi connectivity index (χ1v) is 9.72. The number of thioether (sulfide) groups is 1. The second-order valence-corrected chi connectivity index (χ2v) is 8.08. The number of hydrogen-bond acceptors (Lipinski definition) is 4. The Morgan fingerprint density at radius 1 is 1.04 bits per heavy atom. The molecule has 2 aromatic carbocycles. The first kappa shape index (κ1) is 19.2. The zero-order chi connectivity index (χ0) is 19.6. The number of hydrogen-bond donors (Lipinski definition) is 0. The van der Waals surface area contributed by atoms with Crippen LogP contribution in [0.15, 0.2) is 53.7 Å². The third-order valence-electron chi connectivity index (χ3n) is 4.48. The Kier molecular flexibility index (Phi) is 5.65. The molecule has 140 valence electrons. The lowest BCUT2D eigenvalue weighted by Gasteiger charge is -2.17. The van der Waals surface area contributed by atoms with E-state index in [0.717, 1.165) is 17.1 Å². The van der Waals surface area contributed by atoms with Gasteiger partial charge in [-0.15, -0.1) is 10.2 Å². The number of nitrogens with zero attached hydrogens (tertiary/aromatic N) is 4. The van der Waals surface area contributed by atoms with Gasteiger partial charge < -0.3 is 4.90 Å². The number of aromatic nitrogens is 3. The van der Waals surface area contributed by atoms with Crippen molar-refractivity contribution in [1.82, 2.24) is 19.7 Å². The van der Waals surface area contributed by atoms with Crippen LogP contribution < -0.4 is 0 Å². The van der Waals surface area contributed by atoms with Crippen LogP contribution in [0, 0.1) is 13.8 Å². The van der Waals surface area contributed by atoms with E-state index < -0.39 is 0 Å². The van der Waals surface area contributed by atoms with Crippen molar-refractivity contribution in [1.29, 1.82) is 0 Å². The molecule has 1 heterocycles. The summed E-state index contributed by atoms with van der Waals surface area (Å²) in [6, 6.07) is 16.3. The molecule has 0 radical (unpaired) electrons. The lowest BCUT2D eigenvalue weighted by molar-refractivity contribution is -0.127. The summed E-state index contributed by atoms with van der Waals surface area (Å²) in [4.78, 5) is 13.9. The van der Waals surface area contributed by atoms with Crippen molar-refractivity contribution in [2.45, 2.75) is 31.2 Å². The Morgan fingerprint density at radius 3 is 2.37 bits per heavy atom. The molecule has 1 amide bonds. The number of amides is 1. The minimum absolute atomic E-state index is 0.0518. The Labute approximate surface area is 164 Å². The average molecular weight is 381 g/mol. The highest BCUT2D eigenvalue weighted by molar-refractivity contribution is 8.00. The van der Waals surface area contributed by atoms with Gasteiger partial charge in [0.25, 0.3) is 0 Å². The number of benzene rings is 2. The van der Waals surface area contributed by atoms with Crippen LogP contribution in [-0.2, 0) is 4.79 Å². The molecule has 1 atom stereocenters. The van der Waals surface area contributed by atoms with Crippen LogP contribution in [0.3, 0.4) is 0 Å². The molecule has 0 N–H and O–H groups in total. The Bertz CT molecular complexity index is 950. The molecule has 0 aliphatic heterocycles. The Balaban J connectivity index is 2.10. The summed E-state index contributed by atoms with van der Waals surface area (Å²) in [6.45, 7) is 6.09. The molecule has 0 bridgehead atoms. The fraction of sp³-hybridized carbons (Fsp3) is 0.286. The molecule has 6 heteroatoms. The van der Waals surface area contributed by atoms with Gasteiger partial charge >= 0.3 is 0 Å². The highest BCUT2D eigenvalue weighted by atomic mass is 32.2. The number of carbonyl (C=O) groups excluding carboxylic acids is 1. The fourth-order valence-corrected chi connectivity index (χ4v) is 3.80. The van der Waals surface area contributed by atoms with Gasteiger partial charge in [0, 0.05) is 19.7 Å². The lowest BCUT2D eigenvalue weighted by Crippen LogP contribution is -2.29. The molecule has 0 aliphatic rings. The van der Waals surface area contributed by atoms with E-state index in [0.29, 0.717) is 5.16 Å². The highest BCUT2D eigenvalue weighted by Gasteiger charge is 2.22. The van der Waals surface area contributed by atoms with E-state index in [1.165, 1.54) is 22.9 Å². The summed E-state index contributed by atoms with van der Waals surface area (Å²) in [5.41, 5.74) is 4.42. The molecule has 0 saturated carbocycles. The third kappa shape index (κ3) is 4.06. The average Bonchev–Trinajstić information content (AvgIpc) is 3.07. The molecule has 3 rings (SSSR count). The Hall–Kier alpha value is -2.60. The maximum Gasteiger partial charge on any atom is 0.235 e. The van der Waals surface area contributed by atoms with Crippen LogP contribution in [0.4, 0.5) is 0 Å². The maximum atomic E-state index is 12.3. The van der Waals surface area contributed by atoms with Crippen molar-refractivity contribution >= 4 is 17.7 Å². The normalized spacial score (nSPS) is 12.0. The molecular formula is C21H24N4OS. The standard InChI is InChI=1S/C21H24N4OS/c1-14-11-12-18(13-15(14)2)25-19(17-9-7-6-8-10-17)22-23-21(25)27-16(3)20(26)24(4)5/h6-13,16H,1-5H3. The van der Waals surface area contributed by atoms with Crippen LogP contribution in [0.5, 0.6) is 0 Å². The molecule has 0 saturated heterocycles. The van der Waals surface area contributed by atoms with E-state index in [4.69, 9.17) is 0 Å². The van der Waals surface area contributed by atoms with E-state index in [2.05, 4.69) is 42.2 Å². The van der Waals surface area contributed by atoms with Gasteiger partial charge in [-0.1, -0.05) is 48.2 Å². The summed E-state index contributed by atoms with van der Waals surface area (Å²) in [7, 11) is 3.53. The summed E-state index contributed by atoms with van der Waals surface area (Å²) in [5.74, 6) is 0.821. The monoisotopic (exact) mass is 380 g/mol. The van der Waals surface area contributed by atoms with Crippen molar-refractivity contribution in [2.24, 2.45) is 0 Å². The minimum atomic E-state index is -0.252. The summed E-state index contributed by atoms with van der Waals surface area (Å²) in [5, 5.41) is 9.30. The van der Waals surface area contributed by atoms with Gasteiger partial charge in [-0.2, -0.15) is 0 Å². The van der Waals surface area contributed by atoms with Gasteiger partial charge in [-0.3, -0.25) is 9.36 Å². The highest BCUT2D eigenvalue weighted by Crippen LogP contribution is 2.31. The van der Waals surface area contributed by atoms with Gasteiger partial charge in [0.1, 0.15) is 0 Å². The van der Waals surface area contributed by atoms with Gasteiger partial charge in [0.2, 0.25) is 5.91 Å². The van der Waals surface area contributed by atoms with Crippen molar-refractivity contribution in [3.8, 4) is 17.1 Å². The molecular weight excluding hydrogens is 356 g/mol. The third-order valence-corrected chi connectivity index (χ3v) is 5.51.